The highest BCUT2D eigenvalue weighted by atomic mass is 19.1. The molecule has 0 bridgehead atoms. The van der Waals surface area contributed by atoms with E-state index < -0.39 is 30.1 Å². The lowest BCUT2D eigenvalue weighted by molar-refractivity contribution is -0.120. The summed E-state index contributed by atoms with van der Waals surface area (Å²) in [5.41, 5.74) is 4.40. The van der Waals surface area contributed by atoms with Gasteiger partial charge < -0.3 is 14.8 Å². The van der Waals surface area contributed by atoms with Crippen LogP contribution in [-0.4, -0.2) is 38.5 Å². The molecule has 2 aromatic rings. The van der Waals surface area contributed by atoms with Gasteiger partial charge in [0.05, 0.1) is 26.3 Å². The summed E-state index contributed by atoms with van der Waals surface area (Å²) < 4.78 is 23.7. The minimum Gasteiger partial charge on any atom is -0.493 e. The Morgan fingerprint density at radius 3 is 2.30 bits per heavy atom. The first-order valence-electron chi connectivity index (χ1n) is 7.80. The zero-order valence-corrected chi connectivity index (χ0v) is 14.7. The molecule has 0 fully saturated rings. The average Bonchev–Trinajstić information content (AvgIpc) is 2.69. The molecule has 0 unspecified atom stereocenters. The topological polar surface area (TPSA) is 106 Å². The molecule has 2 aromatic carbocycles. The number of hydrogen-bond donors (Lipinski definition) is 3. The summed E-state index contributed by atoms with van der Waals surface area (Å²) in [7, 11) is 2.90. The lowest BCUT2D eigenvalue weighted by atomic mass is 10.2. The van der Waals surface area contributed by atoms with Crippen LogP contribution < -0.4 is 25.6 Å². The molecule has 0 heterocycles. The molecule has 0 radical (unpaired) electrons. The second-order valence-corrected chi connectivity index (χ2v) is 5.23. The maximum atomic E-state index is 13.5. The number of benzene rings is 2. The standard InChI is InChI=1S/C18H18FN3O5/c1-26-14-8-7-11(9-15(14)27-2)17(24)22-21-16(23)10-20-18(25)12-5-3-4-6-13(12)19/h3-9H,10H2,1-2H3,(H,20,25)(H,21,23)(H,22,24). The monoisotopic (exact) mass is 375 g/mol. The maximum Gasteiger partial charge on any atom is 0.269 e. The van der Waals surface area contributed by atoms with E-state index in [0.717, 1.165) is 6.07 Å². The molecule has 0 aliphatic rings. The highest BCUT2D eigenvalue weighted by molar-refractivity contribution is 5.98. The SMILES string of the molecule is COc1ccc(C(=O)NNC(=O)CNC(=O)c2ccccc2F)cc1OC. The largest absolute Gasteiger partial charge is 0.493 e. The van der Waals surface area contributed by atoms with Gasteiger partial charge in [0.15, 0.2) is 11.5 Å². The number of carbonyl (C=O) groups is 3. The Hall–Kier alpha value is -3.62. The van der Waals surface area contributed by atoms with Crippen molar-refractivity contribution in [1.29, 1.82) is 0 Å². The van der Waals surface area contributed by atoms with E-state index >= 15 is 0 Å². The number of rotatable bonds is 6. The summed E-state index contributed by atoms with van der Waals surface area (Å²) in [6.07, 6.45) is 0. The van der Waals surface area contributed by atoms with Gasteiger partial charge in [0.1, 0.15) is 5.82 Å². The van der Waals surface area contributed by atoms with Crippen LogP contribution in [0.15, 0.2) is 42.5 Å². The fourth-order valence-electron chi connectivity index (χ4n) is 2.12. The summed E-state index contributed by atoms with van der Waals surface area (Å²) in [5, 5.41) is 2.26. The molecule has 0 aliphatic carbocycles. The van der Waals surface area contributed by atoms with Crippen LogP contribution >= 0.6 is 0 Å². The Balaban J connectivity index is 1.85. The van der Waals surface area contributed by atoms with Crippen molar-refractivity contribution in [3.05, 3.63) is 59.4 Å². The fourth-order valence-corrected chi connectivity index (χ4v) is 2.12. The third-order valence-electron chi connectivity index (χ3n) is 3.49. The lowest BCUT2D eigenvalue weighted by Crippen LogP contribution is -2.46. The highest BCUT2D eigenvalue weighted by Gasteiger charge is 2.14. The van der Waals surface area contributed by atoms with Crippen molar-refractivity contribution in [3.8, 4) is 11.5 Å². The van der Waals surface area contributed by atoms with E-state index in [2.05, 4.69) is 16.2 Å². The second kappa shape index (κ2) is 9.18. The molecule has 0 aromatic heterocycles. The van der Waals surface area contributed by atoms with Crippen molar-refractivity contribution in [3.63, 3.8) is 0 Å². The minimum atomic E-state index is -0.741. The number of methoxy groups -OCH3 is 2. The van der Waals surface area contributed by atoms with E-state index in [1.54, 1.807) is 6.07 Å². The molecular formula is C18H18FN3O5. The van der Waals surface area contributed by atoms with Crippen LogP contribution in [0.2, 0.25) is 0 Å². The van der Waals surface area contributed by atoms with Gasteiger partial charge >= 0.3 is 0 Å². The van der Waals surface area contributed by atoms with Crippen LogP contribution in [0.3, 0.4) is 0 Å². The lowest BCUT2D eigenvalue weighted by Gasteiger charge is -2.11. The van der Waals surface area contributed by atoms with Gasteiger partial charge in [-0.3, -0.25) is 25.2 Å². The van der Waals surface area contributed by atoms with Crippen LogP contribution in [0, 0.1) is 5.82 Å². The zero-order chi connectivity index (χ0) is 19.8. The van der Waals surface area contributed by atoms with Crippen molar-refractivity contribution in [2.24, 2.45) is 0 Å². The molecule has 3 amide bonds. The van der Waals surface area contributed by atoms with Crippen molar-refractivity contribution >= 4 is 17.7 Å². The number of carbonyl (C=O) groups excluding carboxylic acids is 3. The molecule has 0 aliphatic heterocycles. The normalized spacial score (nSPS) is 9.89. The maximum absolute atomic E-state index is 13.5. The smallest absolute Gasteiger partial charge is 0.269 e. The molecule has 0 saturated carbocycles. The number of hydrazine groups is 1. The van der Waals surface area contributed by atoms with Crippen molar-refractivity contribution in [2.45, 2.75) is 0 Å². The Morgan fingerprint density at radius 1 is 0.926 bits per heavy atom. The Labute approximate surface area is 154 Å². The third kappa shape index (κ3) is 5.18. The number of halogens is 1. The molecule has 142 valence electrons. The van der Waals surface area contributed by atoms with Crippen molar-refractivity contribution in [1.82, 2.24) is 16.2 Å². The van der Waals surface area contributed by atoms with Crippen LogP contribution in [-0.2, 0) is 4.79 Å². The van der Waals surface area contributed by atoms with Crippen LogP contribution in [0.25, 0.3) is 0 Å². The third-order valence-corrected chi connectivity index (χ3v) is 3.49. The van der Waals surface area contributed by atoms with E-state index in [9.17, 15) is 18.8 Å². The number of nitrogens with one attached hydrogen (secondary N) is 3. The highest BCUT2D eigenvalue weighted by Crippen LogP contribution is 2.27. The second-order valence-electron chi connectivity index (χ2n) is 5.23. The molecule has 2 rings (SSSR count). The summed E-state index contributed by atoms with van der Waals surface area (Å²) in [6, 6.07) is 9.86. The quantitative estimate of drug-likeness (QED) is 0.654. The van der Waals surface area contributed by atoms with Gasteiger partial charge in [-0.1, -0.05) is 12.1 Å². The molecular weight excluding hydrogens is 357 g/mol. The van der Waals surface area contributed by atoms with Gasteiger partial charge in [-0.15, -0.1) is 0 Å². The van der Waals surface area contributed by atoms with Gasteiger partial charge in [0, 0.05) is 5.56 Å². The summed E-state index contributed by atoms with van der Waals surface area (Å²) in [4.78, 5) is 35.6. The van der Waals surface area contributed by atoms with Gasteiger partial charge in [0.25, 0.3) is 17.7 Å². The van der Waals surface area contributed by atoms with Crippen LogP contribution in [0.4, 0.5) is 4.39 Å². The Bertz CT molecular complexity index is 857. The molecule has 3 N–H and O–H groups in total. The Kier molecular flexibility index (Phi) is 6.70. The molecule has 0 saturated heterocycles. The molecule has 8 nitrogen and oxygen atoms in total. The molecule has 27 heavy (non-hydrogen) atoms. The molecule has 0 atom stereocenters. The van der Waals surface area contributed by atoms with Crippen molar-refractivity contribution in [2.75, 3.05) is 20.8 Å². The van der Waals surface area contributed by atoms with Gasteiger partial charge in [-0.05, 0) is 30.3 Å². The van der Waals surface area contributed by atoms with Crippen LogP contribution in [0.1, 0.15) is 20.7 Å². The van der Waals surface area contributed by atoms with Crippen LogP contribution in [0.5, 0.6) is 11.5 Å². The van der Waals surface area contributed by atoms with Crippen molar-refractivity contribution < 1.29 is 28.2 Å². The summed E-state index contributed by atoms with van der Waals surface area (Å²) >= 11 is 0. The molecule has 0 spiro atoms. The predicted octanol–water partition coefficient (Wildman–Crippen LogP) is 1.03. The van der Waals surface area contributed by atoms with Gasteiger partial charge in [-0.25, -0.2) is 4.39 Å². The minimum absolute atomic E-state index is 0.181. The number of hydrogen-bond acceptors (Lipinski definition) is 5. The number of ether oxygens (including phenoxy) is 2. The fraction of sp³-hybridized carbons (Fsp3) is 0.167. The number of amides is 3. The van der Waals surface area contributed by atoms with E-state index in [-0.39, 0.29) is 11.1 Å². The van der Waals surface area contributed by atoms with E-state index in [1.165, 1.54) is 44.6 Å². The van der Waals surface area contributed by atoms with E-state index in [0.29, 0.717) is 11.5 Å². The first kappa shape index (κ1) is 19.7. The zero-order valence-electron chi connectivity index (χ0n) is 14.7. The molecule has 9 heteroatoms. The van der Waals surface area contributed by atoms with Gasteiger partial charge in [0.2, 0.25) is 0 Å². The Morgan fingerprint density at radius 2 is 1.63 bits per heavy atom. The first-order chi connectivity index (χ1) is 13.0. The first-order valence-corrected chi connectivity index (χ1v) is 7.80. The predicted molar refractivity (Wildman–Crippen MR) is 93.9 cm³/mol. The summed E-state index contributed by atoms with van der Waals surface area (Å²) in [5.74, 6) is -1.91. The average molecular weight is 375 g/mol. The van der Waals surface area contributed by atoms with E-state index in [1.807, 2.05) is 0 Å². The van der Waals surface area contributed by atoms with E-state index in [4.69, 9.17) is 9.47 Å². The summed E-state index contributed by atoms with van der Waals surface area (Å²) in [6.45, 7) is -0.445. The van der Waals surface area contributed by atoms with Gasteiger partial charge in [-0.2, -0.15) is 0 Å².